The Bertz CT molecular complexity index is 248. The molecule has 1 fully saturated rings. The van der Waals surface area contributed by atoms with E-state index in [4.69, 9.17) is 15.6 Å². The van der Waals surface area contributed by atoms with E-state index in [0.717, 1.165) is 0 Å². The van der Waals surface area contributed by atoms with Crippen molar-refractivity contribution in [3.8, 4) is 0 Å². The number of nitrogens with two attached hydrogens (primary N) is 1. The van der Waals surface area contributed by atoms with Crippen molar-refractivity contribution in [1.82, 2.24) is 5.32 Å². The van der Waals surface area contributed by atoms with Crippen LogP contribution in [0, 0.1) is 6.23 Å². The minimum Gasteiger partial charge on any atom is -0.394 e. The molecule has 1 amide bonds. The average Bonchev–Trinajstić information content (AvgIpc) is 2.22. The standard InChI is InChI=1S/C9H17N2O5/c1-4(10)9(15)11-7-2-5(13)8(14)6(3-12)16-7/h4-6,8,12-14H,2-3,10H2,1H3,(H,11,15)/t4-,5+,6+,8-/m0/s1. The van der Waals surface area contributed by atoms with Crippen LogP contribution >= 0.6 is 0 Å². The molecule has 4 atom stereocenters. The van der Waals surface area contributed by atoms with E-state index in [1.165, 1.54) is 6.92 Å². The molecule has 0 bridgehead atoms. The largest absolute Gasteiger partial charge is 0.394 e. The topological polar surface area (TPSA) is 125 Å². The van der Waals surface area contributed by atoms with E-state index < -0.39 is 36.9 Å². The first-order chi connectivity index (χ1) is 7.45. The van der Waals surface area contributed by atoms with Gasteiger partial charge in [0.05, 0.1) is 18.8 Å². The van der Waals surface area contributed by atoms with Crippen LogP contribution in [0.2, 0.25) is 0 Å². The molecule has 0 aromatic rings. The highest BCUT2D eigenvalue weighted by molar-refractivity contribution is 5.81. The molecule has 0 saturated carbocycles. The molecule has 1 aliphatic heterocycles. The molecule has 16 heavy (non-hydrogen) atoms. The van der Waals surface area contributed by atoms with Crippen LogP contribution in [0.5, 0.6) is 0 Å². The number of hydrogen-bond donors (Lipinski definition) is 5. The molecule has 0 aromatic heterocycles. The molecule has 1 radical (unpaired) electrons. The molecule has 1 rings (SSSR count). The molecule has 0 spiro atoms. The van der Waals surface area contributed by atoms with E-state index in [1.54, 1.807) is 0 Å². The lowest BCUT2D eigenvalue weighted by Crippen LogP contribution is -2.52. The van der Waals surface area contributed by atoms with E-state index in [1.807, 2.05) is 0 Å². The van der Waals surface area contributed by atoms with Crippen LogP contribution in [0.3, 0.4) is 0 Å². The Labute approximate surface area is 93.2 Å². The first-order valence-electron chi connectivity index (χ1n) is 5.01. The second kappa shape index (κ2) is 5.55. The lowest BCUT2D eigenvalue weighted by molar-refractivity contribution is -0.154. The zero-order valence-electron chi connectivity index (χ0n) is 8.96. The molecule has 7 heteroatoms. The summed E-state index contributed by atoms with van der Waals surface area (Å²) in [5.74, 6) is -0.449. The maximum absolute atomic E-state index is 11.3. The third-order valence-corrected chi connectivity index (χ3v) is 2.32. The van der Waals surface area contributed by atoms with Gasteiger partial charge >= 0.3 is 0 Å². The molecule has 93 valence electrons. The van der Waals surface area contributed by atoms with Crippen molar-refractivity contribution >= 4 is 5.91 Å². The zero-order chi connectivity index (χ0) is 12.3. The van der Waals surface area contributed by atoms with Gasteiger partial charge in [-0.3, -0.25) is 4.79 Å². The summed E-state index contributed by atoms with van der Waals surface area (Å²) in [4.78, 5) is 11.3. The molecule has 0 aliphatic carbocycles. The summed E-state index contributed by atoms with van der Waals surface area (Å²) in [5.41, 5.74) is 5.34. The van der Waals surface area contributed by atoms with Gasteiger partial charge in [-0.15, -0.1) is 0 Å². The van der Waals surface area contributed by atoms with Crippen molar-refractivity contribution in [2.45, 2.75) is 37.7 Å². The molecule has 1 heterocycles. The number of carbonyl (C=O) groups excluding carboxylic acids is 1. The molecule has 6 N–H and O–H groups in total. The summed E-state index contributed by atoms with van der Waals surface area (Å²) in [7, 11) is 0. The van der Waals surface area contributed by atoms with Gasteiger partial charge in [0.2, 0.25) is 5.91 Å². The first kappa shape index (κ1) is 13.3. The van der Waals surface area contributed by atoms with E-state index in [0.29, 0.717) is 0 Å². The highest BCUT2D eigenvalue weighted by Crippen LogP contribution is 2.23. The predicted molar refractivity (Wildman–Crippen MR) is 53.6 cm³/mol. The average molecular weight is 233 g/mol. The molecule has 1 aliphatic rings. The van der Waals surface area contributed by atoms with Gasteiger partial charge in [0.25, 0.3) is 0 Å². The minimum absolute atomic E-state index is 0.0177. The minimum atomic E-state index is -1.17. The second-order valence-corrected chi connectivity index (χ2v) is 3.80. The van der Waals surface area contributed by atoms with Gasteiger partial charge < -0.3 is 31.1 Å². The SMILES string of the molecule is C[C@H](N)C(=O)N[C]1C[C@@H](O)[C@H](O)[C@@H](CO)O1. The molecular weight excluding hydrogens is 216 g/mol. The summed E-state index contributed by atoms with van der Waals surface area (Å²) >= 11 is 0. The number of hydrogen-bond acceptors (Lipinski definition) is 6. The monoisotopic (exact) mass is 233 g/mol. The van der Waals surface area contributed by atoms with Crippen molar-refractivity contribution in [1.29, 1.82) is 0 Å². The van der Waals surface area contributed by atoms with E-state index in [-0.39, 0.29) is 12.6 Å². The van der Waals surface area contributed by atoms with Crippen LogP contribution in [0.4, 0.5) is 0 Å². The Morgan fingerprint density at radius 1 is 1.69 bits per heavy atom. The predicted octanol–water partition coefficient (Wildman–Crippen LogP) is -2.56. The normalized spacial score (nSPS) is 33.4. The zero-order valence-corrected chi connectivity index (χ0v) is 8.96. The number of aliphatic hydroxyl groups excluding tert-OH is 3. The lowest BCUT2D eigenvalue weighted by atomic mass is 10.0. The number of rotatable bonds is 3. The second-order valence-electron chi connectivity index (χ2n) is 3.80. The quantitative estimate of drug-likeness (QED) is 0.365. The first-order valence-corrected chi connectivity index (χ1v) is 5.01. The van der Waals surface area contributed by atoms with Gasteiger partial charge in [0, 0.05) is 6.42 Å². The Morgan fingerprint density at radius 2 is 2.31 bits per heavy atom. The summed E-state index contributed by atoms with van der Waals surface area (Å²) < 4.78 is 5.11. The maximum atomic E-state index is 11.3. The highest BCUT2D eigenvalue weighted by Gasteiger charge is 2.37. The van der Waals surface area contributed by atoms with E-state index in [9.17, 15) is 15.0 Å². The Kier molecular flexibility index (Phi) is 4.63. The number of nitrogens with one attached hydrogen (secondary N) is 1. The van der Waals surface area contributed by atoms with Crippen molar-refractivity contribution in [3.63, 3.8) is 0 Å². The van der Waals surface area contributed by atoms with Crippen molar-refractivity contribution in [2.24, 2.45) is 5.73 Å². The Morgan fingerprint density at radius 3 is 2.81 bits per heavy atom. The van der Waals surface area contributed by atoms with Crippen LogP contribution in [0.1, 0.15) is 13.3 Å². The number of amides is 1. The van der Waals surface area contributed by atoms with Crippen molar-refractivity contribution < 1.29 is 24.9 Å². The van der Waals surface area contributed by atoms with Crippen molar-refractivity contribution in [3.05, 3.63) is 6.23 Å². The Balaban J connectivity index is 2.53. The number of ether oxygens (including phenoxy) is 1. The lowest BCUT2D eigenvalue weighted by Gasteiger charge is -2.35. The van der Waals surface area contributed by atoms with Crippen LogP contribution in [0.25, 0.3) is 0 Å². The number of aliphatic hydroxyl groups is 3. The summed E-state index contributed by atoms with van der Waals surface area (Å²) in [5, 5.41) is 30.1. The van der Waals surface area contributed by atoms with Crippen LogP contribution in [-0.4, -0.2) is 52.2 Å². The summed E-state index contributed by atoms with van der Waals surface area (Å²) in [6, 6.07) is -0.701. The van der Waals surface area contributed by atoms with Crippen LogP contribution in [-0.2, 0) is 9.53 Å². The van der Waals surface area contributed by atoms with Gasteiger partial charge in [-0.2, -0.15) is 0 Å². The molecule has 0 unspecified atom stereocenters. The van der Waals surface area contributed by atoms with Gasteiger partial charge in [-0.25, -0.2) is 0 Å². The molecule has 7 nitrogen and oxygen atoms in total. The molecular formula is C9H17N2O5. The van der Waals surface area contributed by atoms with Crippen LogP contribution in [0.15, 0.2) is 0 Å². The van der Waals surface area contributed by atoms with Gasteiger partial charge in [-0.1, -0.05) is 0 Å². The third-order valence-electron chi connectivity index (χ3n) is 2.32. The van der Waals surface area contributed by atoms with E-state index >= 15 is 0 Å². The molecule has 1 saturated heterocycles. The summed E-state index contributed by atoms with van der Waals surface area (Å²) in [6.07, 6.45) is -3.09. The fourth-order valence-corrected chi connectivity index (χ4v) is 1.34. The fraction of sp³-hybridized carbons (Fsp3) is 0.778. The van der Waals surface area contributed by atoms with Crippen molar-refractivity contribution in [2.75, 3.05) is 6.61 Å². The van der Waals surface area contributed by atoms with E-state index in [2.05, 4.69) is 5.32 Å². The fourth-order valence-electron chi connectivity index (χ4n) is 1.34. The Hall–Kier alpha value is -0.730. The van der Waals surface area contributed by atoms with Crippen LogP contribution < -0.4 is 11.1 Å². The van der Waals surface area contributed by atoms with Gasteiger partial charge in [-0.05, 0) is 6.92 Å². The summed E-state index contributed by atoms with van der Waals surface area (Å²) in [6.45, 7) is 1.06. The maximum Gasteiger partial charge on any atom is 0.238 e. The highest BCUT2D eigenvalue weighted by atomic mass is 16.5. The van der Waals surface area contributed by atoms with Gasteiger partial charge in [0.1, 0.15) is 12.2 Å². The number of carbonyl (C=O) groups is 1. The molecule has 0 aromatic carbocycles. The van der Waals surface area contributed by atoms with Gasteiger partial charge in [0.15, 0.2) is 6.23 Å². The third kappa shape index (κ3) is 3.13. The smallest absolute Gasteiger partial charge is 0.238 e.